The van der Waals surface area contributed by atoms with Crippen LogP contribution in [0.25, 0.3) is 0 Å². The van der Waals surface area contributed by atoms with E-state index in [1.54, 1.807) is 25.9 Å². The molecule has 1 N–H and O–H groups in total. The lowest BCUT2D eigenvalue weighted by atomic mass is 10.1. The van der Waals surface area contributed by atoms with Crippen LogP contribution in [0.1, 0.15) is 23.7 Å². The first-order valence-electron chi connectivity index (χ1n) is 9.97. The fourth-order valence-corrected chi connectivity index (χ4v) is 3.75. The van der Waals surface area contributed by atoms with Gasteiger partial charge in [-0.3, -0.25) is 0 Å². The normalized spacial score (nSPS) is 13.4. The van der Waals surface area contributed by atoms with Crippen molar-refractivity contribution in [3.05, 3.63) is 53.8 Å². The van der Waals surface area contributed by atoms with E-state index in [0.29, 0.717) is 24.8 Å². The highest BCUT2D eigenvalue weighted by Crippen LogP contribution is 2.28. The maximum atomic E-state index is 5.47. The molecule has 4 heterocycles. The molecule has 31 heavy (non-hydrogen) atoms. The van der Waals surface area contributed by atoms with E-state index in [9.17, 15) is 0 Å². The minimum Gasteiger partial charge on any atom is -0.480 e. The average Bonchev–Trinajstić information content (AvgIpc) is 3.35. The second kappa shape index (κ2) is 10.2. The number of hydrogen-bond acceptors (Lipinski definition) is 9. The van der Waals surface area contributed by atoms with Gasteiger partial charge in [-0.15, -0.1) is 0 Å². The Morgan fingerprint density at radius 3 is 2.84 bits per heavy atom. The Morgan fingerprint density at radius 2 is 2.10 bits per heavy atom. The molecule has 0 aromatic carbocycles. The maximum Gasteiger partial charge on any atom is 0.238 e. The lowest BCUT2D eigenvalue weighted by Crippen LogP contribution is -2.37. The van der Waals surface area contributed by atoms with Crippen LogP contribution in [0.5, 0.6) is 5.88 Å². The highest BCUT2D eigenvalue weighted by molar-refractivity contribution is 8.00. The number of furan rings is 1. The quantitative estimate of drug-likeness (QED) is 0.461. The topological polar surface area (TPSA) is 85.5 Å². The van der Waals surface area contributed by atoms with E-state index in [1.807, 2.05) is 18.2 Å². The molecule has 3 aromatic heterocycles. The Hall–Kier alpha value is -3.22. The van der Waals surface area contributed by atoms with Gasteiger partial charge in [0.1, 0.15) is 17.8 Å². The van der Waals surface area contributed by atoms with Gasteiger partial charge in [0, 0.05) is 36.8 Å². The molecule has 0 radical (unpaired) electrons. The molecule has 8 nitrogen and oxygen atoms in total. The Morgan fingerprint density at radius 1 is 1.23 bits per heavy atom. The highest BCUT2D eigenvalue weighted by Gasteiger charge is 2.18. The third-order valence-corrected chi connectivity index (χ3v) is 5.44. The van der Waals surface area contributed by atoms with Crippen molar-refractivity contribution in [1.29, 1.82) is 0 Å². The van der Waals surface area contributed by atoms with Crippen LogP contribution >= 0.6 is 11.9 Å². The smallest absolute Gasteiger partial charge is 0.238 e. The number of rotatable bonds is 6. The summed E-state index contributed by atoms with van der Waals surface area (Å²) >= 11 is 1.34. The number of ether oxygens (including phenoxy) is 2. The summed E-state index contributed by atoms with van der Waals surface area (Å²) in [6, 6.07) is 5.61. The van der Waals surface area contributed by atoms with Crippen molar-refractivity contribution < 1.29 is 13.9 Å². The highest BCUT2D eigenvalue weighted by atomic mass is 32.2. The molecule has 1 aliphatic rings. The molecule has 3 aromatic rings. The minimum absolute atomic E-state index is 0.482. The SMILES string of the molecule is CCc1ncnc(N2CCOCC2)c1C#Cc1cnc(OC)c(NSc2ccco2)c1. The standard InChI is InChI=1S/C22H23N5O3S/c1-3-18-17(21(25-15-24-18)27-8-11-29-12-9-27)7-6-16-13-19(22(28-2)23-14-16)26-31-20-5-4-10-30-20/h4-5,10,13-15,26H,3,8-9,11-12H2,1-2H3. The lowest BCUT2D eigenvalue weighted by molar-refractivity contribution is 0.122. The fourth-order valence-electron chi connectivity index (χ4n) is 3.14. The van der Waals surface area contributed by atoms with Crippen molar-refractivity contribution in [3.8, 4) is 17.7 Å². The molecule has 0 saturated carbocycles. The fraction of sp³-hybridized carbons (Fsp3) is 0.318. The van der Waals surface area contributed by atoms with E-state index in [0.717, 1.165) is 47.2 Å². The van der Waals surface area contributed by atoms with Crippen LogP contribution in [0.4, 0.5) is 11.5 Å². The molecule has 160 valence electrons. The van der Waals surface area contributed by atoms with E-state index in [4.69, 9.17) is 13.9 Å². The molecule has 0 unspecified atom stereocenters. The predicted molar refractivity (Wildman–Crippen MR) is 119 cm³/mol. The van der Waals surface area contributed by atoms with Gasteiger partial charge in [0.15, 0.2) is 5.09 Å². The summed E-state index contributed by atoms with van der Waals surface area (Å²) in [7, 11) is 1.58. The Kier molecular flexibility index (Phi) is 6.92. The first-order valence-corrected chi connectivity index (χ1v) is 10.8. The Labute approximate surface area is 185 Å². The van der Waals surface area contributed by atoms with Gasteiger partial charge in [-0.1, -0.05) is 18.8 Å². The molecule has 1 aliphatic heterocycles. The Bertz CT molecular complexity index is 1070. The number of anilines is 2. The molecule has 0 spiro atoms. The molecule has 4 rings (SSSR count). The molecule has 0 atom stereocenters. The third-order valence-electron chi connectivity index (χ3n) is 4.68. The van der Waals surface area contributed by atoms with Crippen LogP contribution in [0.15, 0.2) is 46.5 Å². The zero-order valence-electron chi connectivity index (χ0n) is 17.4. The monoisotopic (exact) mass is 437 g/mol. The average molecular weight is 438 g/mol. The van der Waals surface area contributed by atoms with Gasteiger partial charge in [0.25, 0.3) is 0 Å². The van der Waals surface area contributed by atoms with Gasteiger partial charge in [-0.25, -0.2) is 15.0 Å². The summed E-state index contributed by atoms with van der Waals surface area (Å²) in [5.41, 5.74) is 3.24. The first kappa shape index (κ1) is 21.0. The summed E-state index contributed by atoms with van der Waals surface area (Å²) in [5.74, 6) is 7.85. The maximum absolute atomic E-state index is 5.47. The van der Waals surface area contributed by atoms with Crippen molar-refractivity contribution >= 4 is 23.5 Å². The van der Waals surface area contributed by atoms with Crippen LogP contribution in [0.3, 0.4) is 0 Å². The van der Waals surface area contributed by atoms with Crippen molar-refractivity contribution in [2.45, 2.75) is 18.4 Å². The first-order chi connectivity index (χ1) is 15.3. The van der Waals surface area contributed by atoms with Gasteiger partial charge >= 0.3 is 0 Å². The van der Waals surface area contributed by atoms with Gasteiger partial charge in [-0.05, 0) is 24.6 Å². The molecular weight excluding hydrogens is 414 g/mol. The molecule has 0 amide bonds. The number of aryl methyl sites for hydroxylation is 1. The van der Waals surface area contributed by atoms with E-state index in [-0.39, 0.29) is 0 Å². The zero-order valence-corrected chi connectivity index (χ0v) is 18.2. The number of nitrogens with zero attached hydrogens (tertiary/aromatic N) is 4. The number of hydrogen-bond donors (Lipinski definition) is 1. The minimum atomic E-state index is 0.482. The van der Waals surface area contributed by atoms with Crippen LogP contribution in [-0.2, 0) is 11.2 Å². The number of methoxy groups -OCH3 is 1. The Balaban J connectivity index is 1.63. The second-order valence-corrected chi connectivity index (χ2v) is 7.45. The summed E-state index contributed by atoms with van der Waals surface area (Å²) in [6.45, 7) is 5.01. The zero-order chi connectivity index (χ0) is 21.5. The molecule has 1 fully saturated rings. The van der Waals surface area contributed by atoms with E-state index >= 15 is 0 Å². The van der Waals surface area contributed by atoms with Crippen molar-refractivity contribution in [2.24, 2.45) is 0 Å². The van der Waals surface area contributed by atoms with E-state index in [1.165, 1.54) is 11.9 Å². The van der Waals surface area contributed by atoms with Gasteiger partial charge < -0.3 is 23.5 Å². The summed E-state index contributed by atoms with van der Waals surface area (Å²) in [6.07, 6.45) is 5.70. The molecule has 9 heteroatoms. The summed E-state index contributed by atoms with van der Waals surface area (Å²) in [4.78, 5) is 15.5. The largest absolute Gasteiger partial charge is 0.480 e. The van der Waals surface area contributed by atoms with Gasteiger partial charge in [0.2, 0.25) is 5.88 Å². The van der Waals surface area contributed by atoms with Crippen LogP contribution in [0, 0.1) is 11.8 Å². The number of aromatic nitrogens is 3. The van der Waals surface area contributed by atoms with E-state index < -0.39 is 0 Å². The van der Waals surface area contributed by atoms with Gasteiger partial charge in [-0.2, -0.15) is 0 Å². The summed E-state index contributed by atoms with van der Waals surface area (Å²) < 4.78 is 19.4. The summed E-state index contributed by atoms with van der Waals surface area (Å²) in [5, 5.41) is 0.739. The van der Waals surface area contributed by atoms with Crippen molar-refractivity contribution in [1.82, 2.24) is 15.0 Å². The van der Waals surface area contributed by atoms with Crippen LogP contribution in [-0.4, -0.2) is 48.4 Å². The van der Waals surface area contributed by atoms with Crippen LogP contribution in [0.2, 0.25) is 0 Å². The lowest BCUT2D eigenvalue weighted by Gasteiger charge is -2.28. The molecule has 0 aliphatic carbocycles. The van der Waals surface area contributed by atoms with Gasteiger partial charge in [0.05, 0.1) is 37.8 Å². The second-order valence-electron chi connectivity index (χ2n) is 6.64. The van der Waals surface area contributed by atoms with E-state index in [2.05, 4.69) is 43.3 Å². The van der Waals surface area contributed by atoms with Crippen LogP contribution < -0.4 is 14.4 Å². The van der Waals surface area contributed by atoms with Crippen molar-refractivity contribution in [2.75, 3.05) is 43.0 Å². The number of morpholine rings is 1. The molecule has 0 bridgehead atoms. The molecular formula is C22H23N5O3S. The van der Waals surface area contributed by atoms with Crippen molar-refractivity contribution in [3.63, 3.8) is 0 Å². The number of pyridine rings is 1. The third kappa shape index (κ3) is 5.10. The number of nitrogens with one attached hydrogen (secondary N) is 1. The molecule has 1 saturated heterocycles. The predicted octanol–water partition coefficient (Wildman–Crippen LogP) is 3.39.